The second-order valence-electron chi connectivity index (χ2n) is 16.9. The Bertz CT molecular complexity index is 4190. The van der Waals surface area contributed by atoms with Gasteiger partial charge in [-0.2, -0.15) is 0 Å². The van der Waals surface area contributed by atoms with Crippen LogP contribution in [0.1, 0.15) is 41.4 Å². The Hall–Kier alpha value is -11.4. The Balaban J connectivity index is 1.26. The average molecular weight is 1080 g/mol. The van der Waals surface area contributed by atoms with Gasteiger partial charge in [0.15, 0.2) is 93.3 Å². The summed E-state index contributed by atoms with van der Waals surface area (Å²) in [6, 6.07) is 1.87. The van der Waals surface area contributed by atoms with Crippen LogP contribution in [0, 0.1) is 0 Å². The van der Waals surface area contributed by atoms with Crippen LogP contribution < -0.4 is 16.0 Å². The summed E-state index contributed by atoms with van der Waals surface area (Å²) in [6.45, 7) is -1.65. The van der Waals surface area contributed by atoms with Crippen LogP contribution in [0.25, 0.3) is 55.0 Å². The van der Waals surface area contributed by atoms with Gasteiger partial charge in [-0.1, -0.05) is 0 Å². The summed E-state index contributed by atoms with van der Waals surface area (Å²) in [7, 11) is 0. The number of aromatic hydroxyl groups is 15. The van der Waals surface area contributed by atoms with Crippen LogP contribution in [0.4, 0.5) is 0 Å². The number of rotatable bonds is 2. The summed E-state index contributed by atoms with van der Waals surface area (Å²) >= 11 is 0. The predicted molar refractivity (Wildman–Crippen MR) is 246 cm³/mol. The highest BCUT2D eigenvalue weighted by Gasteiger charge is 2.47. The monoisotopic (exact) mass is 1080 g/mol. The quantitative estimate of drug-likeness (QED) is 0.0295. The molecule has 78 heavy (non-hydrogen) atoms. The van der Waals surface area contributed by atoms with Gasteiger partial charge in [-0.25, -0.2) is 28.8 Å². The number of ether oxygens (including phenoxy) is 5. The molecular weight excluding hydrogens is 1060 g/mol. The van der Waals surface area contributed by atoms with Crippen molar-refractivity contribution in [1.82, 2.24) is 0 Å². The van der Waals surface area contributed by atoms with Crippen molar-refractivity contribution in [2.45, 2.75) is 24.4 Å². The highest BCUT2D eigenvalue weighted by atomic mass is 16.6. The minimum Gasteiger partial charge on any atom is -0.504 e. The third kappa shape index (κ3) is 7.11. The normalized spacial score (nSPS) is 17.8. The number of hydrogen-bond acceptors (Lipinski definition) is 30. The maximum absolute atomic E-state index is 14.9. The fourth-order valence-corrected chi connectivity index (χ4v) is 8.91. The van der Waals surface area contributed by atoms with Crippen molar-refractivity contribution < 1.29 is 138 Å². The molecule has 0 saturated carbocycles. The number of aldehydes is 1. The fraction of sp³-hybridized carbons (Fsp3) is 0.104. The molecule has 4 atom stereocenters. The lowest BCUT2D eigenvalue weighted by Gasteiger charge is -2.33. The van der Waals surface area contributed by atoms with Crippen LogP contribution in [0.15, 0.2) is 48.8 Å². The van der Waals surface area contributed by atoms with Crippen molar-refractivity contribution in [1.29, 1.82) is 0 Å². The summed E-state index contributed by atoms with van der Waals surface area (Å²) in [5.41, 5.74) is -15.2. The van der Waals surface area contributed by atoms with E-state index in [4.69, 9.17) is 32.5 Å². The Labute approximate surface area is 424 Å². The molecule has 0 amide bonds. The smallest absolute Gasteiger partial charge is 0.345 e. The molecule has 0 fully saturated rings. The van der Waals surface area contributed by atoms with Crippen molar-refractivity contribution in [2.75, 3.05) is 6.61 Å². The van der Waals surface area contributed by atoms with E-state index in [0.717, 1.165) is 0 Å². The molecular formula is C48H28O30. The van der Waals surface area contributed by atoms with Crippen molar-refractivity contribution in [3.63, 3.8) is 0 Å². The lowest BCUT2D eigenvalue weighted by atomic mass is 9.90. The zero-order chi connectivity index (χ0) is 56.6. The van der Waals surface area contributed by atoms with Gasteiger partial charge in [0.2, 0.25) is 40.2 Å². The first-order chi connectivity index (χ1) is 36.8. The van der Waals surface area contributed by atoms with E-state index in [2.05, 4.69) is 0 Å². The van der Waals surface area contributed by atoms with Gasteiger partial charge in [0.1, 0.15) is 18.3 Å². The van der Waals surface area contributed by atoms with Gasteiger partial charge in [0, 0.05) is 45.2 Å². The fourth-order valence-electron chi connectivity index (χ4n) is 8.91. The number of hydrogen-bond donors (Lipinski definition) is 16. The number of cyclic esters (lactones) is 2. The standard InChI is InChI=1S/C48H28O30/c49-6-19-40(76-46(69)9-2-14(51)28(56)33(61)21(9)20-8(44(67)74-19)1-13(50)27(55)32(20)60)39-17(54)7-72-43(66)12-4-16(53)30(58)36(64)38(12)73-18-5-11-23-25-26(48(71)78-41(23)31(18)59)24(35(63)37(65)42(25)77-47(11)70)22-10(45(68)75-39)3-15(52)29(57)34(22)62/h1-6,17,19,39-40,50-65H,7H2. The molecule has 0 aliphatic carbocycles. The first-order valence-corrected chi connectivity index (χ1v) is 21.5. The molecule has 2 aromatic heterocycles. The number of phenolic OH excluding ortho intramolecular Hbond substituents is 15. The van der Waals surface area contributed by atoms with E-state index in [9.17, 15) is 115 Å². The Morgan fingerprint density at radius 3 is 1.38 bits per heavy atom. The van der Waals surface area contributed by atoms with Crippen LogP contribution in [0.3, 0.4) is 0 Å². The van der Waals surface area contributed by atoms with E-state index in [0.29, 0.717) is 24.3 Å². The van der Waals surface area contributed by atoms with Crippen LogP contribution in [0.5, 0.6) is 97.7 Å². The highest BCUT2D eigenvalue weighted by molar-refractivity contribution is 6.26. The SMILES string of the molecule is O=CC1OC(=O)c2cc(O)c(O)c(O)c2-c2c(cc(O)c(O)c2O)C(=O)OC1C1OC(=O)c2cc(O)c(O)c(O)c2-c2c(O)c(O)c3oc(=O)c4cc(c(O)c5oc(=O)c2c3c54)Oc2c(cc(O)c(O)c2O)C(=O)OCC1O. The summed E-state index contributed by atoms with van der Waals surface area (Å²) in [4.78, 5) is 98.5. The Morgan fingerprint density at radius 2 is 0.859 bits per heavy atom. The molecule has 30 heteroatoms. The molecule has 7 bridgehead atoms. The maximum Gasteiger partial charge on any atom is 0.345 e. The molecule has 3 aliphatic rings. The highest BCUT2D eigenvalue weighted by Crippen LogP contribution is 2.57. The van der Waals surface area contributed by atoms with E-state index < -0.39 is 241 Å². The van der Waals surface area contributed by atoms with Crippen LogP contribution in [0.2, 0.25) is 0 Å². The second-order valence-corrected chi connectivity index (χ2v) is 16.9. The van der Waals surface area contributed by atoms with E-state index in [-0.39, 0.29) is 12.4 Å². The Morgan fingerprint density at radius 1 is 0.423 bits per heavy atom. The zero-order valence-corrected chi connectivity index (χ0v) is 37.9. The third-order valence-electron chi connectivity index (χ3n) is 12.5. The molecule has 6 aromatic carbocycles. The zero-order valence-electron chi connectivity index (χ0n) is 37.9. The number of carbonyl (C=O) groups is 5. The first-order valence-electron chi connectivity index (χ1n) is 21.5. The molecule has 3 aliphatic heterocycles. The lowest BCUT2D eigenvalue weighted by Crippen LogP contribution is -2.53. The number of carbonyl (C=O) groups excluding carboxylic acids is 5. The molecule has 4 unspecified atom stereocenters. The topological polar surface area (TPSA) is 516 Å². The number of aliphatic hydroxyl groups excluding tert-OH is 1. The number of benzene rings is 6. The summed E-state index contributed by atoms with van der Waals surface area (Å²) in [6.07, 6.45) is -11.9. The first kappa shape index (κ1) is 50.1. The van der Waals surface area contributed by atoms with Gasteiger partial charge < -0.3 is 114 Å². The van der Waals surface area contributed by atoms with Crippen molar-refractivity contribution in [2.24, 2.45) is 0 Å². The summed E-state index contributed by atoms with van der Waals surface area (Å²) in [5, 5.41) is 173. The van der Waals surface area contributed by atoms with Gasteiger partial charge in [-0.15, -0.1) is 0 Å². The average Bonchev–Trinajstić information content (AvgIpc) is 3.59. The second kappa shape index (κ2) is 17.3. The number of phenols is 15. The van der Waals surface area contributed by atoms with Crippen LogP contribution >= 0.6 is 0 Å². The number of aliphatic hydroxyl groups is 1. The molecule has 0 saturated heterocycles. The third-order valence-corrected chi connectivity index (χ3v) is 12.5. The molecule has 16 N–H and O–H groups in total. The minimum atomic E-state index is -2.96. The molecule has 0 radical (unpaired) electrons. The van der Waals surface area contributed by atoms with Crippen molar-refractivity contribution in [3.05, 3.63) is 73.4 Å². The number of fused-ring (bicyclic) bond motifs is 10. The van der Waals surface area contributed by atoms with E-state index in [1.807, 2.05) is 0 Å². The van der Waals surface area contributed by atoms with E-state index in [1.54, 1.807) is 0 Å². The summed E-state index contributed by atoms with van der Waals surface area (Å²) < 4.78 is 37.7. The molecule has 5 heterocycles. The van der Waals surface area contributed by atoms with Gasteiger partial charge in [-0.05, 0) is 18.2 Å². The predicted octanol–water partition coefficient (Wildman–Crippen LogP) is 2.22. The largest absolute Gasteiger partial charge is 0.504 e. The number of esters is 4. The van der Waals surface area contributed by atoms with E-state index in [1.165, 1.54) is 0 Å². The lowest BCUT2D eigenvalue weighted by molar-refractivity contribution is -0.142. The van der Waals surface area contributed by atoms with Crippen LogP contribution in [-0.4, -0.2) is 143 Å². The van der Waals surface area contributed by atoms with E-state index >= 15 is 0 Å². The van der Waals surface area contributed by atoms with Crippen molar-refractivity contribution in [3.8, 4) is 120 Å². The minimum absolute atomic E-state index is 0.242. The molecule has 8 aromatic rings. The Kier molecular flexibility index (Phi) is 11.1. The van der Waals surface area contributed by atoms with Gasteiger partial charge in [-0.3, -0.25) is 4.79 Å². The summed E-state index contributed by atoms with van der Waals surface area (Å²) in [5.74, 6) is -32.1. The van der Waals surface area contributed by atoms with Crippen LogP contribution in [-0.2, 0) is 23.7 Å². The maximum atomic E-state index is 14.9. The molecule has 11 rings (SSSR count). The van der Waals surface area contributed by atoms with Gasteiger partial charge in [0.25, 0.3) is 0 Å². The molecule has 400 valence electrons. The van der Waals surface area contributed by atoms with Gasteiger partial charge in [0.05, 0.1) is 27.5 Å². The molecule has 0 spiro atoms. The van der Waals surface area contributed by atoms with Crippen molar-refractivity contribution >= 4 is 62.9 Å². The van der Waals surface area contributed by atoms with Gasteiger partial charge >= 0.3 is 35.1 Å². The molecule has 30 nitrogen and oxygen atoms in total.